The lowest BCUT2D eigenvalue weighted by Crippen LogP contribution is -2.22. The fourth-order valence-electron chi connectivity index (χ4n) is 1.74. The maximum atomic E-state index is 10.4. The molecule has 4 heteroatoms. The van der Waals surface area contributed by atoms with Crippen molar-refractivity contribution in [1.29, 1.82) is 0 Å². The van der Waals surface area contributed by atoms with E-state index in [0.29, 0.717) is 6.42 Å². The van der Waals surface area contributed by atoms with Crippen molar-refractivity contribution < 1.29 is 9.90 Å². The van der Waals surface area contributed by atoms with Crippen LogP contribution in [0.3, 0.4) is 0 Å². The minimum absolute atomic E-state index is 0.269. The Labute approximate surface area is 92.4 Å². The maximum Gasteiger partial charge on any atom is 0.404 e. The molecule has 78 valence electrons. The Balaban J connectivity index is 2.24. The average Bonchev–Trinajstić information content (AvgIpc) is 2.50. The van der Waals surface area contributed by atoms with Crippen molar-refractivity contribution in [1.82, 2.24) is 5.32 Å². The van der Waals surface area contributed by atoms with E-state index in [4.69, 9.17) is 16.7 Å². The van der Waals surface area contributed by atoms with Gasteiger partial charge in [-0.1, -0.05) is 35.9 Å². The number of hydrogen-bond acceptors (Lipinski definition) is 1. The number of carboxylic acid groups (broad SMARTS) is 1. The van der Waals surface area contributed by atoms with E-state index in [0.717, 1.165) is 21.7 Å². The molecule has 2 rings (SSSR count). The fourth-order valence-corrected chi connectivity index (χ4v) is 2.06. The van der Waals surface area contributed by atoms with Crippen LogP contribution < -0.4 is 5.32 Å². The highest BCUT2D eigenvalue weighted by Crippen LogP contribution is 2.34. The van der Waals surface area contributed by atoms with E-state index in [-0.39, 0.29) is 6.54 Å². The van der Waals surface area contributed by atoms with Crippen LogP contribution in [-0.4, -0.2) is 17.7 Å². The van der Waals surface area contributed by atoms with E-state index in [1.165, 1.54) is 0 Å². The Morgan fingerprint density at radius 1 is 1.47 bits per heavy atom. The Morgan fingerprint density at radius 3 is 2.93 bits per heavy atom. The maximum absolute atomic E-state index is 10.4. The molecule has 0 bridgehead atoms. The Hall–Kier alpha value is -1.48. The number of rotatable bonds is 2. The van der Waals surface area contributed by atoms with Crippen LogP contribution >= 0.6 is 11.6 Å². The lowest BCUT2D eigenvalue weighted by atomic mass is 10.1. The van der Waals surface area contributed by atoms with Crippen molar-refractivity contribution in [2.75, 3.05) is 6.54 Å². The number of amides is 1. The highest BCUT2D eigenvalue weighted by molar-refractivity contribution is 6.33. The second-order valence-corrected chi connectivity index (χ2v) is 3.83. The molecule has 0 spiro atoms. The van der Waals surface area contributed by atoms with E-state index in [9.17, 15) is 4.79 Å². The Morgan fingerprint density at radius 2 is 2.20 bits per heavy atom. The third kappa shape index (κ3) is 1.97. The summed E-state index contributed by atoms with van der Waals surface area (Å²) in [5.74, 6) is 0. The summed E-state index contributed by atoms with van der Waals surface area (Å²) in [6.45, 7) is 0.269. The standard InChI is InChI=1S/C11H10ClNO2/c12-10-5-7-3-1-2-4-8(7)9(10)6-13-11(14)15/h1-4,13H,5-6H2,(H,14,15). The summed E-state index contributed by atoms with van der Waals surface area (Å²) in [5.41, 5.74) is 3.09. The summed E-state index contributed by atoms with van der Waals surface area (Å²) < 4.78 is 0. The van der Waals surface area contributed by atoms with Gasteiger partial charge in [0, 0.05) is 18.0 Å². The van der Waals surface area contributed by atoms with Gasteiger partial charge in [-0.15, -0.1) is 0 Å². The van der Waals surface area contributed by atoms with Gasteiger partial charge in [-0.25, -0.2) is 4.79 Å². The molecule has 1 aliphatic carbocycles. The second kappa shape index (κ2) is 3.95. The third-order valence-electron chi connectivity index (χ3n) is 2.43. The summed E-state index contributed by atoms with van der Waals surface area (Å²) in [7, 11) is 0. The molecule has 0 heterocycles. The molecular formula is C11H10ClNO2. The SMILES string of the molecule is O=C(O)NCC1=C(Cl)Cc2ccccc21. The molecule has 1 aromatic rings. The van der Waals surface area contributed by atoms with Crippen molar-refractivity contribution in [3.63, 3.8) is 0 Å². The molecule has 1 aliphatic rings. The smallest absolute Gasteiger partial charge is 0.404 e. The molecule has 0 unspecified atom stereocenters. The van der Waals surface area contributed by atoms with Gasteiger partial charge in [0.15, 0.2) is 0 Å². The molecule has 1 amide bonds. The lowest BCUT2D eigenvalue weighted by molar-refractivity contribution is 0.196. The van der Waals surface area contributed by atoms with Gasteiger partial charge >= 0.3 is 6.09 Å². The molecule has 1 aromatic carbocycles. The number of fused-ring (bicyclic) bond motifs is 1. The summed E-state index contributed by atoms with van der Waals surface area (Å²) in [6.07, 6.45) is -0.328. The number of nitrogens with one attached hydrogen (secondary N) is 1. The van der Waals surface area contributed by atoms with Crippen LogP contribution in [0, 0.1) is 0 Å². The van der Waals surface area contributed by atoms with E-state index in [1.807, 2.05) is 24.3 Å². The summed E-state index contributed by atoms with van der Waals surface area (Å²) in [5, 5.41) is 11.6. The number of allylic oxidation sites excluding steroid dienone is 1. The van der Waals surface area contributed by atoms with E-state index in [2.05, 4.69) is 5.32 Å². The van der Waals surface area contributed by atoms with Crippen LogP contribution in [-0.2, 0) is 6.42 Å². The number of carbonyl (C=O) groups is 1. The van der Waals surface area contributed by atoms with E-state index >= 15 is 0 Å². The largest absolute Gasteiger partial charge is 0.465 e. The molecular weight excluding hydrogens is 214 g/mol. The van der Waals surface area contributed by atoms with Crippen molar-refractivity contribution in [2.45, 2.75) is 6.42 Å². The zero-order valence-electron chi connectivity index (χ0n) is 7.96. The highest BCUT2D eigenvalue weighted by atomic mass is 35.5. The topological polar surface area (TPSA) is 49.3 Å². The quantitative estimate of drug-likeness (QED) is 0.809. The van der Waals surface area contributed by atoms with Crippen molar-refractivity contribution in [3.05, 3.63) is 40.4 Å². The predicted octanol–water partition coefficient (Wildman–Crippen LogP) is 2.46. The lowest BCUT2D eigenvalue weighted by Gasteiger charge is -2.05. The summed E-state index contributed by atoms with van der Waals surface area (Å²) in [6, 6.07) is 7.85. The van der Waals surface area contributed by atoms with Crippen LogP contribution in [0.1, 0.15) is 11.1 Å². The molecule has 3 nitrogen and oxygen atoms in total. The molecule has 0 fully saturated rings. The summed E-state index contributed by atoms with van der Waals surface area (Å²) >= 11 is 6.07. The van der Waals surface area contributed by atoms with Crippen LogP contribution in [0.4, 0.5) is 4.79 Å². The predicted molar refractivity (Wildman–Crippen MR) is 58.9 cm³/mol. The first kappa shape index (κ1) is 10.1. The van der Waals surface area contributed by atoms with Gasteiger partial charge in [0.2, 0.25) is 0 Å². The van der Waals surface area contributed by atoms with Crippen molar-refractivity contribution in [2.24, 2.45) is 0 Å². The van der Waals surface area contributed by atoms with E-state index in [1.54, 1.807) is 0 Å². The highest BCUT2D eigenvalue weighted by Gasteiger charge is 2.19. The first-order valence-electron chi connectivity index (χ1n) is 4.61. The number of halogens is 1. The van der Waals surface area contributed by atoms with Crippen molar-refractivity contribution in [3.8, 4) is 0 Å². The zero-order valence-corrected chi connectivity index (χ0v) is 8.71. The normalized spacial score (nSPS) is 13.9. The Kier molecular flexibility index (Phi) is 2.64. The number of hydrogen-bond donors (Lipinski definition) is 2. The van der Waals surface area contributed by atoms with Crippen LogP contribution in [0.15, 0.2) is 29.3 Å². The third-order valence-corrected chi connectivity index (χ3v) is 2.79. The number of benzene rings is 1. The molecule has 0 atom stereocenters. The van der Waals surface area contributed by atoms with Gasteiger partial charge < -0.3 is 10.4 Å². The second-order valence-electron chi connectivity index (χ2n) is 3.38. The van der Waals surface area contributed by atoms with Gasteiger partial charge in [-0.2, -0.15) is 0 Å². The first-order chi connectivity index (χ1) is 7.18. The van der Waals surface area contributed by atoms with Gasteiger partial charge in [0.05, 0.1) is 0 Å². The van der Waals surface area contributed by atoms with Gasteiger partial charge in [0.1, 0.15) is 0 Å². The average molecular weight is 224 g/mol. The molecule has 0 aliphatic heterocycles. The van der Waals surface area contributed by atoms with Crippen LogP contribution in [0.5, 0.6) is 0 Å². The fraction of sp³-hybridized carbons (Fsp3) is 0.182. The molecule has 0 aromatic heterocycles. The first-order valence-corrected chi connectivity index (χ1v) is 4.99. The van der Waals surface area contributed by atoms with Gasteiger partial charge in [-0.05, 0) is 16.7 Å². The van der Waals surface area contributed by atoms with Gasteiger partial charge in [-0.3, -0.25) is 0 Å². The molecule has 15 heavy (non-hydrogen) atoms. The molecule has 0 saturated carbocycles. The van der Waals surface area contributed by atoms with Gasteiger partial charge in [0.25, 0.3) is 0 Å². The van der Waals surface area contributed by atoms with Crippen molar-refractivity contribution >= 4 is 23.3 Å². The zero-order chi connectivity index (χ0) is 10.8. The Bertz CT molecular complexity index is 440. The molecule has 2 N–H and O–H groups in total. The van der Waals surface area contributed by atoms with Crippen LogP contribution in [0.25, 0.3) is 5.57 Å². The summed E-state index contributed by atoms with van der Waals surface area (Å²) in [4.78, 5) is 10.4. The molecule has 0 radical (unpaired) electrons. The molecule has 0 saturated heterocycles. The minimum Gasteiger partial charge on any atom is -0.465 e. The van der Waals surface area contributed by atoms with Crippen LogP contribution in [0.2, 0.25) is 0 Å². The minimum atomic E-state index is -1.03. The monoisotopic (exact) mass is 223 g/mol. The van der Waals surface area contributed by atoms with E-state index < -0.39 is 6.09 Å².